The number of carbonyl (C=O) groups is 1. The minimum Gasteiger partial charge on any atom is -0.387 e. The molecule has 0 atom stereocenters. The van der Waals surface area contributed by atoms with Gasteiger partial charge in [-0.25, -0.2) is 12.8 Å². The lowest BCUT2D eigenvalue weighted by Gasteiger charge is -2.12. The van der Waals surface area contributed by atoms with Crippen LogP contribution >= 0.6 is 27.5 Å². The average Bonchev–Trinajstić information content (AvgIpc) is 2.45. The van der Waals surface area contributed by atoms with E-state index in [9.17, 15) is 17.6 Å². The van der Waals surface area contributed by atoms with E-state index < -0.39 is 28.4 Å². The fourth-order valence-corrected chi connectivity index (χ4v) is 4.72. The van der Waals surface area contributed by atoms with Gasteiger partial charge in [-0.1, -0.05) is 17.7 Å². The zero-order valence-electron chi connectivity index (χ0n) is 11.9. The highest BCUT2D eigenvalue weighted by Crippen LogP contribution is 2.32. The summed E-state index contributed by atoms with van der Waals surface area (Å²) >= 11 is 8.81. The van der Waals surface area contributed by atoms with Crippen molar-refractivity contribution in [2.24, 2.45) is 0 Å². The van der Waals surface area contributed by atoms with E-state index in [1.165, 1.54) is 24.3 Å². The first-order chi connectivity index (χ1) is 11.2. The number of nitrogens with one attached hydrogen (secondary N) is 2. The van der Waals surface area contributed by atoms with Gasteiger partial charge in [-0.3, -0.25) is 9.52 Å². The van der Waals surface area contributed by atoms with E-state index in [0.29, 0.717) is 5.69 Å². The van der Waals surface area contributed by atoms with Crippen LogP contribution < -0.4 is 10.0 Å². The van der Waals surface area contributed by atoms with Gasteiger partial charge in [0, 0.05) is 10.2 Å². The van der Waals surface area contributed by atoms with Crippen LogP contribution in [0, 0.1) is 5.82 Å². The molecule has 0 aromatic heterocycles. The molecule has 0 aliphatic carbocycles. The molecule has 0 radical (unpaired) electrons. The van der Waals surface area contributed by atoms with Crippen molar-refractivity contribution in [1.29, 1.82) is 0 Å². The second kappa shape index (κ2) is 7.47. The third-order valence-corrected chi connectivity index (χ3v) is 5.55. The number of rotatable bonds is 5. The fourth-order valence-electron chi connectivity index (χ4n) is 1.85. The molecule has 10 heteroatoms. The van der Waals surface area contributed by atoms with Crippen LogP contribution in [0.4, 0.5) is 15.8 Å². The van der Waals surface area contributed by atoms with E-state index in [4.69, 9.17) is 16.7 Å². The van der Waals surface area contributed by atoms with Crippen molar-refractivity contribution in [1.82, 2.24) is 0 Å². The Morgan fingerprint density at radius 1 is 1.25 bits per heavy atom. The Hall–Kier alpha value is -1.68. The van der Waals surface area contributed by atoms with Crippen LogP contribution in [0.5, 0.6) is 0 Å². The molecule has 128 valence electrons. The molecule has 2 aromatic rings. The average molecular weight is 438 g/mol. The van der Waals surface area contributed by atoms with E-state index >= 15 is 0 Å². The summed E-state index contributed by atoms with van der Waals surface area (Å²) in [7, 11) is -4.10. The van der Waals surface area contributed by atoms with Crippen molar-refractivity contribution in [3.8, 4) is 0 Å². The first-order valence-corrected chi connectivity index (χ1v) is 9.06. The highest BCUT2D eigenvalue weighted by Gasteiger charge is 2.22. The van der Waals surface area contributed by atoms with Crippen LogP contribution in [-0.4, -0.2) is 26.0 Å². The monoisotopic (exact) mass is 436 g/mol. The molecule has 0 spiro atoms. The van der Waals surface area contributed by atoms with Crippen molar-refractivity contribution >= 4 is 54.8 Å². The second-order valence-electron chi connectivity index (χ2n) is 4.59. The van der Waals surface area contributed by atoms with Gasteiger partial charge in [-0.05, 0) is 46.3 Å². The lowest BCUT2D eigenvalue weighted by atomic mass is 10.3. The Morgan fingerprint density at radius 2 is 1.92 bits per heavy atom. The minimum absolute atomic E-state index is 0.0234. The molecule has 0 aliphatic rings. The number of amides is 1. The second-order valence-corrected chi connectivity index (χ2v) is 7.47. The number of aliphatic hydroxyl groups is 1. The van der Waals surface area contributed by atoms with Crippen LogP contribution in [0.3, 0.4) is 0 Å². The largest absolute Gasteiger partial charge is 0.387 e. The summed E-state index contributed by atoms with van der Waals surface area (Å²) in [5, 5.41) is 10.8. The number of hydrogen-bond donors (Lipinski definition) is 3. The summed E-state index contributed by atoms with van der Waals surface area (Å²) in [6.07, 6.45) is 0. The van der Waals surface area contributed by atoms with Gasteiger partial charge in [0.25, 0.3) is 10.0 Å². The van der Waals surface area contributed by atoms with Crippen LogP contribution in [0.1, 0.15) is 0 Å². The molecular formula is C14H11BrClFN2O4S. The molecular weight excluding hydrogens is 427 g/mol. The number of hydrogen-bond acceptors (Lipinski definition) is 4. The zero-order valence-corrected chi connectivity index (χ0v) is 15.0. The quantitative estimate of drug-likeness (QED) is 0.670. The third kappa shape index (κ3) is 4.44. The van der Waals surface area contributed by atoms with Crippen LogP contribution in [0.25, 0.3) is 0 Å². The molecule has 3 N–H and O–H groups in total. The molecule has 2 aromatic carbocycles. The first kappa shape index (κ1) is 18.7. The van der Waals surface area contributed by atoms with Crippen LogP contribution in [0.15, 0.2) is 45.8 Å². The Morgan fingerprint density at radius 3 is 2.54 bits per heavy atom. The highest BCUT2D eigenvalue weighted by molar-refractivity contribution is 9.10. The van der Waals surface area contributed by atoms with E-state index in [1.807, 2.05) is 0 Å². The molecule has 2 rings (SSSR count). The highest BCUT2D eigenvalue weighted by atomic mass is 79.9. The summed E-state index contributed by atoms with van der Waals surface area (Å²) in [5.41, 5.74) is 0.441. The molecule has 1 amide bonds. The van der Waals surface area contributed by atoms with Crippen LogP contribution in [-0.2, 0) is 14.8 Å². The normalized spacial score (nSPS) is 11.2. The van der Waals surface area contributed by atoms with Gasteiger partial charge in [0.2, 0.25) is 5.91 Å². The Balaban J connectivity index is 2.34. The minimum atomic E-state index is -4.10. The summed E-state index contributed by atoms with van der Waals surface area (Å²) < 4.78 is 40.4. The van der Waals surface area contributed by atoms with E-state index in [0.717, 1.165) is 12.1 Å². The van der Waals surface area contributed by atoms with E-state index in [2.05, 4.69) is 26.0 Å². The third-order valence-electron chi connectivity index (χ3n) is 2.77. The molecule has 0 unspecified atom stereocenters. The number of benzene rings is 2. The molecule has 6 nitrogen and oxygen atoms in total. The lowest BCUT2D eigenvalue weighted by Crippen LogP contribution is -2.16. The van der Waals surface area contributed by atoms with Gasteiger partial charge in [0.1, 0.15) is 17.3 Å². The predicted molar refractivity (Wildman–Crippen MR) is 92.1 cm³/mol. The molecule has 0 saturated heterocycles. The van der Waals surface area contributed by atoms with Crippen molar-refractivity contribution in [3.05, 3.63) is 51.7 Å². The molecule has 0 saturated carbocycles. The number of carbonyl (C=O) groups excluding carboxylic acids is 1. The van der Waals surface area contributed by atoms with E-state index in [1.54, 1.807) is 0 Å². The summed E-state index contributed by atoms with van der Waals surface area (Å²) in [4.78, 5) is 10.9. The Kier molecular flexibility index (Phi) is 5.81. The maximum atomic E-state index is 13.2. The van der Waals surface area contributed by atoms with Gasteiger partial charge in [0.05, 0.1) is 10.7 Å². The Bertz CT molecular complexity index is 869. The number of halogens is 3. The predicted octanol–water partition coefficient (Wildman–Crippen LogP) is 2.97. The molecule has 0 bridgehead atoms. The van der Waals surface area contributed by atoms with Gasteiger partial charge in [-0.15, -0.1) is 0 Å². The SMILES string of the molecule is O=C(CO)Nc1cccc(NS(=O)(=O)c2c(Cl)cc(F)cc2Br)c1. The fraction of sp³-hybridized carbons (Fsp3) is 0.0714. The van der Waals surface area contributed by atoms with Crippen molar-refractivity contribution in [3.63, 3.8) is 0 Å². The van der Waals surface area contributed by atoms with E-state index in [-0.39, 0.29) is 20.1 Å². The summed E-state index contributed by atoms with van der Waals surface area (Å²) in [5.74, 6) is -1.32. The topological polar surface area (TPSA) is 95.5 Å². The smallest absolute Gasteiger partial charge is 0.264 e. The first-order valence-electron chi connectivity index (χ1n) is 6.41. The lowest BCUT2D eigenvalue weighted by molar-refractivity contribution is -0.118. The number of aliphatic hydroxyl groups excluding tert-OH is 1. The maximum Gasteiger partial charge on any atom is 0.264 e. The molecule has 24 heavy (non-hydrogen) atoms. The molecule has 0 heterocycles. The van der Waals surface area contributed by atoms with Crippen molar-refractivity contribution < 1.29 is 22.7 Å². The van der Waals surface area contributed by atoms with Crippen LogP contribution in [0.2, 0.25) is 5.02 Å². The van der Waals surface area contributed by atoms with Crippen molar-refractivity contribution in [2.75, 3.05) is 16.6 Å². The Labute approximate surface area is 150 Å². The summed E-state index contributed by atoms with van der Waals surface area (Å²) in [6, 6.07) is 7.71. The van der Waals surface area contributed by atoms with Gasteiger partial charge in [0.15, 0.2) is 0 Å². The molecule has 0 aliphatic heterocycles. The number of anilines is 2. The van der Waals surface area contributed by atoms with Gasteiger partial charge >= 0.3 is 0 Å². The van der Waals surface area contributed by atoms with Gasteiger partial charge in [-0.2, -0.15) is 0 Å². The van der Waals surface area contributed by atoms with Gasteiger partial charge < -0.3 is 10.4 Å². The number of sulfonamides is 1. The standard InChI is InChI=1S/C14H11BrClFN2O4S/c15-11-4-8(17)5-12(16)14(11)24(22,23)19-10-3-1-2-9(6-10)18-13(21)7-20/h1-6,19-20H,7H2,(H,18,21). The van der Waals surface area contributed by atoms with Crippen molar-refractivity contribution in [2.45, 2.75) is 4.90 Å². The maximum absolute atomic E-state index is 13.2. The molecule has 0 fully saturated rings. The zero-order chi connectivity index (χ0) is 17.9. The summed E-state index contributed by atoms with van der Waals surface area (Å²) in [6.45, 7) is -0.700.